The summed E-state index contributed by atoms with van der Waals surface area (Å²) in [5.41, 5.74) is 1.25. The van der Waals surface area contributed by atoms with E-state index < -0.39 is 0 Å². The molecular weight excluding hydrogens is 188 g/mol. The molecule has 1 aromatic rings. The average Bonchev–Trinajstić information content (AvgIpc) is 2.73. The Hall–Kier alpha value is -1.03. The Bertz CT molecular complexity index is 342. The molecule has 0 bridgehead atoms. The van der Waals surface area contributed by atoms with Gasteiger partial charge in [0.1, 0.15) is 0 Å². The van der Waals surface area contributed by atoms with Crippen molar-refractivity contribution < 1.29 is 0 Å². The molecule has 84 valence electrons. The fraction of sp³-hybridized carbons (Fsp3) is 0.727. The number of aromatic nitrogens is 2. The molecular formula is C11H20N4. The quantitative estimate of drug-likeness (QED) is 0.801. The highest BCUT2D eigenvalue weighted by Crippen LogP contribution is 2.29. The minimum atomic E-state index is 0.725. The van der Waals surface area contributed by atoms with Crippen LogP contribution in [0.4, 0.5) is 5.95 Å². The Balaban J connectivity index is 1.96. The van der Waals surface area contributed by atoms with E-state index in [1.807, 2.05) is 25.2 Å². The number of nitrogens with one attached hydrogen (secondary N) is 1. The maximum absolute atomic E-state index is 4.38. The smallest absolute Gasteiger partial charge is 0.204 e. The van der Waals surface area contributed by atoms with Crippen molar-refractivity contribution in [3.63, 3.8) is 0 Å². The van der Waals surface area contributed by atoms with Crippen LogP contribution in [0.5, 0.6) is 0 Å². The monoisotopic (exact) mass is 208 g/mol. The first-order chi connectivity index (χ1) is 7.09. The molecule has 0 radical (unpaired) electrons. The predicted octanol–water partition coefficient (Wildman–Crippen LogP) is 0.984. The van der Waals surface area contributed by atoms with E-state index in [9.17, 15) is 0 Å². The lowest BCUT2D eigenvalue weighted by Crippen LogP contribution is -2.20. The minimum Gasteiger partial charge on any atom is -0.348 e. The van der Waals surface area contributed by atoms with Crippen molar-refractivity contribution in [2.75, 3.05) is 19.0 Å². The van der Waals surface area contributed by atoms with E-state index in [1.54, 1.807) is 0 Å². The van der Waals surface area contributed by atoms with Gasteiger partial charge in [0.05, 0.1) is 11.9 Å². The molecule has 15 heavy (non-hydrogen) atoms. The van der Waals surface area contributed by atoms with E-state index in [2.05, 4.69) is 28.8 Å². The summed E-state index contributed by atoms with van der Waals surface area (Å²) in [6.45, 7) is 3.21. The minimum absolute atomic E-state index is 0.725. The van der Waals surface area contributed by atoms with Crippen LogP contribution in [0, 0.1) is 5.92 Å². The van der Waals surface area contributed by atoms with Crippen molar-refractivity contribution in [3.8, 4) is 0 Å². The van der Waals surface area contributed by atoms with Crippen LogP contribution in [0.1, 0.15) is 19.0 Å². The Morgan fingerprint density at radius 1 is 1.60 bits per heavy atom. The molecule has 4 heteroatoms. The summed E-state index contributed by atoms with van der Waals surface area (Å²) in [7, 11) is 6.10. The number of imidazole rings is 1. The van der Waals surface area contributed by atoms with Gasteiger partial charge in [0.15, 0.2) is 0 Å². The topological polar surface area (TPSA) is 33.1 Å². The highest BCUT2D eigenvalue weighted by atomic mass is 15.3. The zero-order valence-corrected chi connectivity index (χ0v) is 9.99. The van der Waals surface area contributed by atoms with Crippen LogP contribution < -0.4 is 10.2 Å². The van der Waals surface area contributed by atoms with Gasteiger partial charge in [-0.15, -0.1) is 0 Å². The van der Waals surface area contributed by atoms with E-state index in [4.69, 9.17) is 0 Å². The highest BCUT2D eigenvalue weighted by molar-refractivity contribution is 5.30. The Labute approximate surface area is 91.3 Å². The molecule has 0 amide bonds. The number of hydrogen-bond acceptors (Lipinski definition) is 3. The van der Waals surface area contributed by atoms with Gasteiger partial charge >= 0.3 is 0 Å². The average molecular weight is 208 g/mol. The van der Waals surface area contributed by atoms with Crippen LogP contribution in [-0.4, -0.2) is 29.7 Å². The van der Waals surface area contributed by atoms with Gasteiger partial charge in [0.2, 0.25) is 5.95 Å². The summed E-state index contributed by atoms with van der Waals surface area (Å²) in [5, 5.41) is 3.54. The lowest BCUT2D eigenvalue weighted by Gasteiger charge is -2.12. The Kier molecular flexibility index (Phi) is 2.69. The normalized spacial score (nSPS) is 24.3. The largest absolute Gasteiger partial charge is 0.348 e. The number of hydrogen-bond donors (Lipinski definition) is 1. The predicted molar refractivity (Wildman–Crippen MR) is 61.9 cm³/mol. The molecule has 1 aliphatic carbocycles. The van der Waals surface area contributed by atoms with Gasteiger partial charge in [0, 0.05) is 33.7 Å². The molecule has 4 nitrogen and oxygen atoms in total. The molecule has 1 aromatic heterocycles. The molecule has 2 unspecified atom stereocenters. The van der Waals surface area contributed by atoms with E-state index in [-0.39, 0.29) is 0 Å². The molecule has 1 saturated carbocycles. The highest BCUT2D eigenvalue weighted by Gasteiger charge is 2.31. The second-order valence-electron chi connectivity index (χ2n) is 4.70. The van der Waals surface area contributed by atoms with Crippen molar-refractivity contribution >= 4 is 5.95 Å². The zero-order valence-electron chi connectivity index (χ0n) is 9.99. The molecule has 1 heterocycles. The fourth-order valence-electron chi connectivity index (χ4n) is 1.86. The number of rotatable bonds is 4. The molecule has 2 rings (SSSR count). The molecule has 0 spiro atoms. The molecule has 0 saturated heterocycles. The molecule has 0 aliphatic heterocycles. The van der Waals surface area contributed by atoms with Crippen LogP contribution in [0.2, 0.25) is 0 Å². The summed E-state index contributed by atoms with van der Waals surface area (Å²) >= 11 is 0. The fourth-order valence-corrected chi connectivity index (χ4v) is 1.86. The SMILES string of the molecule is CC1CC1NCc1cnc(N(C)C)n1C. The first kappa shape index (κ1) is 10.5. The zero-order chi connectivity index (χ0) is 11.0. The van der Waals surface area contributed by atoms with Gasteiger partial charge in [-0.3, -0.25) is 0 Å². The van der Waals surface area contributed by atoms with E-state index >= 15 is 0 Å². The Morgan fingerprint density at radius 2 is 2.27 bits per heavy atom. The molecule has 1 aliphatic rings. The van der Waals surface area contributed by atoms with E-state index in [1.165, 1.54) is 12.1 Å². The number of nitrogens with zero attached hydrogens (tertiary/aromatic N) is 3. The molecule has 2 atom stereocenters. The van der Waals surface area contributed by atoms with Crippen molar-refractivity contribution in [3.05, 3.63) is 11.9 Å². The van der Waals surface area contributed by atoms with Gasteiger partial charge in [-0.2, -0.15) is 0 Å². The van der Waals surface area contributed by atoms with Crippen LogP contribution >= 0.6 is 0 Å². The van der Waals surface area contributed by atoms with Crippen molar-refractivity contribution in [1.29, 1.82) is 0 Å². The summed E-state index contributed by atoms with van der Waals surface area (Å²) in [4.78, 5) is 6.41. The van der Waals surface area contributed by atoms with Crippen molar-refractivity contribution in [2.45, 2.75) is 25.9 Å². The molecule has 1 fully saturated rings. The maximum atomic E-state index is 4.38. The third-order valence-corrected chi connectivity index (χ3v) is 3.11. The van der Waals surface area contributed by atoms with Gasteiger partial charge in [-0.1, -0.05) is 6.92 Å². The van der Waals surface area contributed by atoms with Gasteiger partial charge < -0.3 is 14.8 Å². The second-order valence-corrected chi connectivity index (χ2v) is 4.70. The third kappa shape index (κ3) is 2.15. The second kappa shape index (κ2) is 3.85. The summed E-state index contributed by atoms with van der Waals surface area (Å²) in [6.07, 6.45) is 3.27. The van der Waals surface area contributed by atoms with Crippen LogP contribution in [0.15, 0.2) is 6.20 Å². The maximum Gasteiger partial charge on any atom is 0.204 e. The molecule has 1 N–H and O–H groups in total. The first-order valence-electron chi connectivity index (χ1n) is 5.51. The van der Waals surface area contributed by atoms with Crippen LogP contribution in [0.3, 0.4) is 0 Å². The first-order valence-corrected chi connectivity index (χ1v) is 5.51. The van der Waals surface area contributed by atoms with Gasteiger partial charge in [-0.05, 0) is 12.3 Å². The van der Waals surface area contributed by atoms with E-state index in [0.717, 1.165) is 24.5 Å². The summed E-state index contributed by atoms with van der Waals surface area (Å²) in [5.74, 6) is 1.86. The van der Waals surface area contributed by atoms with Crippen molar-refractivity contribution in [2.24, 2.45) is 13.0 Å². The summed E-state index contributed by atoms with van der Waals surface area (Å²) < 4.78 is 2.14. The third-order valence-electron chi connectivity index (χ3n) is 3.11. The van der Waals surface area contributed by atoms with Crippen LogP contribution in [-0.2, 0) is 13.6 Å². The molecule has 0 aromatic carbocycles. The van der Waals surface area contributed by atoms with Crippen LogP contribution in [0.25, 0.3) is 0 Å². The lowest BCUT2D eigenvalue weighted by molar-refractivity contribution is 0.624. The standard InChI is InChI=1S/C11H20N4/c1-8-5-10(8)12-6-9-7-13-11(14(2)3)15(9)4/h7-8,10,12H,5-6H2,1-4H3. The van der Waals surface area contributed by atoms with E-state index in [0.29, 0.717) is 0 Å². The Morgan fingerprint density at radius 3 is 2.73 bits per heavy atom. The van der Waals surface area contributed by atoms with Gasteiger partial charge in [0.25, 0.3) is 0 Å². The lowest BCUT2D eigenvalue weighted by atomic mass is 10.4. The summed E-state index contributed by atoms with van der Waals surface area (Å²) in [6, 6.07) is 0.725. The van der Waals surface area contributed by atoms with Crippen molar-refractivity contribution in [1.82, 2.24) is 14.9 Å². The van der Waals surface area contributed by atoms with Gasteiger partial charge in [-0.25, -0.2) is 4.98 Å². The number of anilines is 1.